The van der Waals surface area contributed by atoms with E-state index in [-0.39, 0.29) is 5.82 Å². The Bertz CT molecular complexity index is 413. The predicted octanol–water partition coefficient (Wildman–Crippen LogP) is 0.536. The fourth-order valence-electron chi connectivity index (χ4n) is 3.36. The van der Waals surface area contributed by atoms with Crippen LogP contribution in [-0.2, 0) is 4.74 Å². The summed E-state index contributed by atoms with van der Waals surface area (Å²) in [6, 6.07) is 0. The summed E-state index contributed by atoms with van der Waals surface area (Å²) in [5.74, 6) is 1.56. The summed E-state index contributed by atoms with van der Waals surface area (Å²) in [6.07, 6.45) is 10.4. The van der Waals surface area contributed by atoms with Gasteiger partial charge in [0.15, 0.2) is 0 Å². The Labute approximate surface area is 118 Å². The van der Waals surface area contributed by atoms with Crippen molar-refractivity contribution in [3.05, 3.63) is 0 Å². The maximum absolute atomic E-state index is 10.3. The summed E-state index contributed by atoms with van der Waals surface area (Å²) in [6.45, 7) is 3.91. The van der Waals surface area contributed by atoms with Crippen LogP contribution in [0.25, 0.3) is 0 Å². The quantitative estimate of drug-likeness (QED) is 0.556. The first-order valence-electron chi connectivity index (χ1n) is 7.13. The first-order valence-corrected chi connectivity index (χ1v) is 11.4. The van der Waals surface area contributed by atoms with Crippen molar-refractivity contribution in [3.8, 4) is 0 Å². The number of hydrogen-bond donors (Lipinski definition) is 2. The van der Waals surface area contributed by atoms with Gasteiger partial charge in [0.2, 0.25) is 0 Å². The van der Waals surface area contributed by atoms with Gasteiger partial charge in [0.05, 0.1) is 11.9 Å². The Kier molecular flexibility index (Phi) is 4.52. The zero-order valence-corrected chi connectivity index (χ0v) is 14.3. The van der Waals surface area contributed by atoms with Gasteiger partial charge in [-0.2, -0.15) is 0 Å². The lowest BCUT2D eigenvalue weighted by atomic mass is 9.73. The van der Waals surface area contributed by atoms with Crippen LogP contribution in [0, 0.1) is 5.92 Å². The van der Waals surface area contributed by atoms with E-state index in [0.717, 1.165) is 12.3 Å². The van der Waals surface area contributed by atoms with Crippen LogP contribution in [-0.4, -0.2) is 66.4 Å². The highest BCUT2D eigenvalue weighted by Gasteiger charge is 2.74. The molecule has 2 aliphatic rings. The Morgan fingerprint density at radius 3 is 2.53 bits per heavy atom. The Morgan fingerprint density at radius 1 is 1.42 bits per heavy atom. The first-order chi connectivity index (χ1) is 8.75. The molecule has 0 aromatic heterocycles. The van der Waals surface area contributed by atoms with Crippen molar-refractivity contribution in [2.24, 2.45) is 5.92 Å². The molecule has 2 N–H and O–H groups in total. The molecule has 0 amide bonds. The minimum atomic E-state index is -1.01. The predicted molar refractivity (Wildman–Crippen MR) is 92.0 cm³/mol. The van der Waals surface area contributed by atoms with Crippen molar-refractivity contribution in [2.45, 2.75) is 43.4 Å². The van der Waals surface area contributed by atoms with Gasteiger partial charge in [-0.15, -0.1) is 20.1 Å². The molecule has 0 heterocycles. The van der Waals surface area contributed by atoms with E-state index in [0.29, 0.717) is 12.3 Å². The summed E-state index contributed by atoms with van der Waals surface area (Å²) >= 11 is 0. The van der Waals surface area contributed by atoms with E-state index in [9.17, 15) is 10.2 Å². The number of ether oxygens (including phenoxy) is 1. The second-order valence-corrected chi connectivity index (χ2v) is 11.9. The average Bonchev–Trinajstić information content (AvgIpc) is 3.06. The van der Waals surface area contributed by atoms with Crippen molar-refractivity contribution in [2.75, 3.05) is 18.4 Å². The van der Waals surface area contributed by atoms with Crippen LogP contribution >= 0.6 is 15.1 Å². The number of hydrogen-bond acceptors (Lipinski definition) is 3. The summed E-state index contributed by atoms with van der Waals surface area (Å²) < 4.78 is 6.05. The van der Waals surface area contributed by atoms with Crippen LogP contribution < -0.4 is 0 Å². The standard InChI is InChI=1S/C13H27BO3P2/c1-5-18(3)8-19(4)7-17-13-6-9(13)10(14)12(2,16)11(13)15/h9-11,15-16,18-19H,3-8,14H2,1-2H3/t9-,10-,11+,12+,13+/m1/s1. The normalized spacial score (nSPS) is 47.7. The SMILES string of the molecule is B[C@@H]1[C@H]2C[C@@]2(OC[PH](=C)C[PH](=C)CC)[C@@H](O)[C@@]1(C)O. The lowest BCUT2D eigenvalue weighted by molar-refractivity contribution is -0.114. The first kappa shape index (κ1) is 15.9. The van der Waals surface area contributed by atoms with E-state index in [4.69, 9.17) is 4.74 Å². The molecule has 0 aromatic carbocycles. The summed E-state index contributed by atoms with van der Waals surface area (Å²) in [5, 5.41) is 20.6. The second-order valence-electron chi connectivity index (χ2n) is 6.50. The zero-order chi connectivity index (χ0) is 14.4. The molecule has 2 aliphatic carbocycles. The monoisotopic (exact) mass is 304 g/mol. The average molecular weight is 304 g/mol. The molecule has 2 fully saturated rings. The maximum Gasteiger partial charge on any atom is 0.111 e. The van der Waals surface area contributed by atoms with Crippen molar-refractivity contribution in [1.82, 2.24) is 0 Å². The number of fused-ring (bicyclic) bond motifs is 1. The van der Waals surface area contributed by atoms with Crippen molar-refractivity contribution >= 4 is 35.5 Å². The van der Waals surface area contributed by atoms with Gasteiger partial charge in [-0.1, -0.05) is 14.5 Å². The molecule has 2 rings (SSSR count). The topological polar surface area (TPSA) is 49.7 Å². The van der Waals surface area contributed by atoms with E-state index in [1.165, 1.54) is 6.16 Å². The molecular formula is C13H27BO3P2. The molecule has 0 aromatic rings. The number of rotatable bonds is 6. The van der Waals surface area contributed by atoms with Gasteiger partial charge in [-0.3, -0.25) is 0 Å². The summed E-state index contributed by atoms with van der Waals surface area (Å²) in [4.78, 5) is 0. The number of aliphatic hydroxyl groups is 2. The van der Waals surface area contributed by atoms with Crippen LogP contribution in [0.2, 0.25) is 5.82 Å². The molecule has 19 heavy (non-hydrogen) atoms. The molecule has 0 saturated heterocycles. The molecule has 0 spiro atoms. The highest BCUT2D eigenvalue weighted by molar-refractivity contribution is 7.72. The Balaban J connectivity index is 1.92. The van der Waals surface area contributed by atoms with Crippen LogP contribution in [0.4, 0.5) is 0 Å². The molecule has 3 nitrogen and oxygen atoms in total. The molecular weight excluding hydrogens is 277 g/mol. The Morgan fingerprint density at radius 2 is 2.05 bits per heavy atom. The minimum Gasteiger partial charge on any atom is -0.388 e. The van der Waals surface area contributed by atoms with Gasteiger partial charge in [0.1, 0.15) is 19.6 Å². The van der Waals surface area contributed by atoms with Gasteiger partial charge in [-0.05, 0) is 37.1 Å². The minimum absolute atomic E-state index is 0.103. The maximum atomic E-state index is 10.3. The van der Waals surface area contributed by atoms with Crippen molar-refractivity contribution in [3.63, 3.8) is 0 Å². The lowest BCUT2D eigenvalue weighted by Crippen LogP contribution is -2.46. The molecule has 6 heteroatoms. The van der Waals surface area contributed by atoms with Crippen LogP contribution in [0.1, 0.15) is 20.3 Å². The van der Waals surface area contributed by atoms with E-state index in [1.807, 2.05) is 7.85 Å². The molecule has 0 radical (unpaired) electrons. The van der Waals surface area contributed by atoms with Crippen LogP contribution in [0.5, 0.6) is 0 Å². The van der Waals surface area contributed by atoms with Crippen molar-refractivity contribution < 1.29 is 14.9 Å². The molecule has 2 unspecified atom stereocenters. The fourth-order valence-corrected chi connectivity index (χ4v) is 8.07. The molecule has 2 saturated carbocycles. The number of aliphatic hydroxyl groups excluding tert-OH is 1. The van der Waals surface area contributed by atoms with Gasteiger partial charge in [0.25, 0.3) is 0 Å². The molecule has 7 atom stereocenters. The van der Waals surface area contributed by atoms with Crippen molar-refractivity contribution in [1.29, 1.82) is 0 Å². The third kappa shape index (κ3) is 2.68. The van der Waals surface area contributed by atoms with Gasteiger partial charge in [0, 0.05) is 0 Å². The largest absolute Gasteiger partial charge is 0.388 e. The molecule has 110 valence electrons. The third-order valence-electron chi connectivity index (χ3n) is 5.09. The smallest absolute Gasteiger partial charge is 0.111 e. The van der Waals surface area contributed by atoms with Gasteiger partial charge in [-0.25, -0.2) is 0 Å². The Hall–Kier alpha value is 0.545. The fraction of sp³-hybridized carbons (Fsp3) is 0.846. The van der Waals surface area contributed by atoms with E-state index in [2.05, 4.69) is 19.5 Å². The van der Waals surface area contributed by atoms with Crippen LogP contribution in [0.15, 0.2) is 0 Å². The highest BCUT2D eigenvalue weighted by Crippen LogP contribution is 2.66. The van der Waals surface area contributed by atoms with Crippen LogP contribution in [0.3, 0.4) is 0 Å². The van der Waals surface area contributed by atoms with Gasteiger partial charge >= 0.3 is 0 Å². The van der Waals surface area contributed by atoms with E-state index < -0.39 is 32.4 Å². The summed E-state index contributed by atoms with van der Waals surface area (Å²) in [7, 11) is 0.767. The summed E-state index contributed by atoms with van der Waals surface area (Å²) in [5.41, 5.74) is -1.49. The zero-order valence-electron chi connectivity index (χ0n) is 12.3. The van der Waals surface area contributed by atoms with Gasteiger partial charge < -0.3 is 14.9 Å². The third-order valence-corrected chi connectivity index (χ3v) is 10.6. The highest BCUT2D eigenvalue weighted by atomic mass is 31.2. The lowest BCUT2D eigenvalue weighted by Gasteiger charge is -2.32. The molecule has 0 bridgehead atoms. The second kappa shape index (κ2) is 5.39. The molecule has 0 aliphatic heterocycles. The van der Waals surface area contributed by atoms with E-state index >= 15 is 0 Å². The van der Waals surface area contributed by atoms with E-state index in [1.54, 1.807) is 6.92 Å².